The lowest BCUT2D eigenvalue weighted by atomic mass is 9.97. The normalized spacial score (nSPS) is 16.8. The van der Waals surface area contributed by atoms with E-state index in [2.05, 4.69) is 15.2 Å². The minimum atomic E-state index is -3.57. The Kier molecular flexibility index (Phi) is 7.64. The van der Waals surface area contributed by atoms with Gasteiger partial charge >= 0.3 is 0 Å². The summed E-state index contributed by atoms with van der Waals surface area (Å²) < 4.78 is 32.1. The predicted octanol–water partition coefficient (Wildman–Crippen LogP) is 1.91. The van der Waals surface area contributed by atoms with Crippen LogP contribution in [0.15, 0.2) is 53.7 Å². The van der Waals surface area contributed by atoms with E-state index in [-0.39, 0.29) is 22.8 Å². The Hall–Kier alpha value is -2.49. The third-order valence-corrected chi connectivity index (χ3v) is 7.57. The lowest BCUT2D eigenvalue weighted by molar-refractivity contribution is -0.126. The van der Waals surface area contributed by atoms with Crippen LogP contribution in [0.25, 0.3) is 0 Å². The number of methoxy groups -OCH3 is 1. The number of rotatable bonds is 8. The fourth-order valence-electron chi connectivity index (χ4n) is 3.77. The Labute approximate surface area is 184 Å². The van der Waals surface area contributed by atoms with Crippen molar-refractivity contribution in [2.75, 3.05) is 40.8 Å². The number of benzene rings is 1. The summed E-state index contributed by atoms with van der Waals surface area (Å²) >= 11 is 0. The molecule has 1 aliphatic rings. The summed E-state index contributed by atoms with van der Waals surface area (Å²) in [6.07, 6.45) is 3.90. The fourth-order valence-corrected chi connectivity index (χ4v) is 5.21. The zero-order valence-electron chi connectivity index (χ0n) is 18.2. The van der Waals surface area contributed by atoms with Crippen molar-refractivity contribution in [3.05, 3.63) is 54.4 Å². The fraction of sp³-hybridized carbons (Fsp3) is 0.455. The van der Waals surface area contributed by atoms with Gasteiger partial charge in [-0.15, -0.1) is 0 Å². The SMILES string of the molecule is COc1ccc(C(CNC(=O)C2CCN(S(=O)(=O)c3cccnc3)CC2)N(C)C)cc1. The van der Waals surface area contributed by atoms with E-state index >= 15 is 0 Å². The zero-order valence-corrected chi connectivity index (χ0v) is 19.0. The van der Waals surface area contributed by atoms with Gasteiger partial charge in [-0.25, -0.2) is 8.42 Å². The van der Waals surface area contributed by atoms with E-state index < -0.39 is 10.0 Å². The molecular weight excluding hydrogens is 416 g/mol. The van der Waals surface area contributed by atoms with E-state index in [9.17, 15) is 13.2 Å². The van der Waals surface area contributed by atoms with Crippen LogP contribution in [0.5, 0.6) is 5.75 Å². The number of aromatic nitrogens is 1. The molecule has 1 aromatic heterocycles. The number of piperidine rings is 1. The molecule has 1 aliphatic heterocycles. The maximum absolute atomic E-state index is 12.8. The summed E-state index contributed by atoms with van der Waals surface area (Å²) in [5.74, 6) is 0.566. The molecule has 1 fully saturated rings. The smallest absolute Gasteiger partial charge is 0.244 e. The summed E-state index contributed by atoms with van der Waals surface area (Å²) in [6.45, 7) is 1.13. The molecule has 1 atom stereocenters. The summed E-state index contributed by atoms with van der Waals surface area (Å²) in [7, 11) is 2.01. The highest BCUT2D eigenvalue weighted by Gasteiger charge is 2.32. The molecule has 31 heavy (non-hydrogen) atoms. The number of pyridine rings is 1. The number of likely N-dealkylation sites (N-methyl/N-ethyl adjacent to an activating group) is 1. The second-order valence-electron chi connectivity index (χ2n) is 7.86. The van der Waals surface area contributed by atoms with Crippen LogP contribution in [0, 0.1) is 5.92 Å². The first-order valence-electron chi connectivity index (χ1n) is 10.3. The molecule has 0 radical (unpaired) electrons. The van der Waals surface area contributed by atoms with Gasteiger partial charge in [0, 0.05) is 37.9 Å². The van der Waals surface area contributed by atoms with E-state index in [1.807, 2.05) is 38.4 Å². The average Bonchev–Trinajstić information content (AvgIpc) is 2.80. The molecule has 2 aromatic rings. The first-order valence-corrected chi connectivity index (χ1v) is 11.7. The molecule has 3 rings (SSSR count). The van der Waals surface area contributed by atoms with E-state index in [1.54, 1.807) is 25.4 Å². The molecule has 2 heterocycles. The lowest BCUT2D eigenvalue weighted by Gasteiger charge is -2.31. The zero-order chi connectivity index (χ0) is 22.4. The van der Waals surface area contributed by atoms with E-state index in [0.29, 0.717) is 32.5 Å². The topological polar surface area (TPSA) is 91.8 Å². The van der Waals surface area contributed by atoms with Crippen molar-refractivity contribution >= 4 is 15.9 Å². The van der Waals surface area contributed by atoms with Crippen molar-refractivity contribution in [1.29, 1.82) is 0 Å². The van der Waals surface area contributed by atoms with Gasteiger partial charge in [-0.05, 0) is 56.8 Å². The molecule has 1 saturated heterocycles. The number of nitrogens with zero attached hydrogens (tertiary/aromatic N) is 3. The minimum Gasteiger partial charge on any atom is -0.497 e. The number of sulfonamides is 1. The molecule has 0 aliphatic carbocycles. The van der Waals surface area contributed by atoms with Crippen molar-refractivity contribution in [2.24, 2.45) is 5.92 Å². The summed E-state index contributed by atoms with van der Waals surface area (Å²) in [4.78, 5) is 18.9. The molecule has 0 spiro atoms. The van der Waals surface area contributed by atoms with Crippen LogP contribution < -0.4 is 10.1 Å². The third kappa shape index (κ3) is 5.61. The number of carbonyl (C=O) groups is 1. The Morgan fingerprint density at radius 2 is 1.90 bits per heavy atom. The number of ether oxygens (including phenoxy) is 1. The Morgan fingerprint density at radius 3 is 2.45 bits per heavy atom. The molecule has 9 heteroatoms. The highest BCUT2D eigenvalue weighted by Crippen LogP contribution is 2.24. The van der Waals surface area contributed by atoms with Crippen LogP contribution in [-0.4, -0.2) is 69.4 Å². The maximum Gasteiger partial charge on any atom is 0.244 e. The Bertz CT molecular complexity index is 957. The van der Waals surface area contributed by atoms with E-state index in [0.717, 1.165) is 11.3 Å². The van der Waals surface area contributed by atoms with Gasteiger partial charge in [0.2, 0.25) is 15.9 Å². The van der Waals surface area contributed by atoms with Crippen LogP contribution in [0.3, 0.4) is 0 Å². The van der Waals surface area contributed by atoms with Gasteiger partial charge in [0.1, 0.15) is 10.6 Å². The van der Waals surface area contributed by atoms with Gasteiger partial charge in [0.15, 0.2) is 0 Å². The highest BCUT2D eigenvalue weighted by molar-refractivity contribution is 7.89. The number of carbonyl (C=O) groups excluding carboxylic acids is 1. The highest BCUT2D eigenvalue weighted by atomic mass is 32.2. The molecule has 168 valence electrons. The molecule has 8 nitrogen and oxygen atoms in total. The predicted molar refractivity (Wildman–Crippen MR) is 118 cm³/mol. The van der Waals surface area contributed by atoms with Gasteiger partial charge in [-0.3, -0.25) is 9.78 Å². The second kappa shape index (κ2) is 10.2. The third-order valence-electron chi connectivity index (χ3n) is 5.69. The first-order chi connectivity index (χ1) is 14.8. The van der Waals surface area contributed by atoms with Crippen LogP contribution >= 0.6 is 0 Å². The van der Waals surface area contributed by atoms with Crippen molar-refractivity contribution in [1.82, 2.24) is 19.5 Å². The molecule has 0 bridgehead atoms. The van der Waals surface area contributed by atoms with Gasteiger partial charge in [0.25, 0.3) is 0 Å². The second-order valence-corrected chi connectivity index (χ2v) is 9.80. The van der Waals surface area contributed by atoms with Gasteiger partial charge < -0.3 is 15.0 Å². The largest absolute Gasteiger partial charge is 0.497 e. The number of hydrogen-bond donors (Lipinski definition) is 1. The van der Waals surface area contributed by atoms with Crippen LogP contribution in [-0.2, 0) is 14.8 Å². The molecule has 1 amide bonds. The summed E-state index contributed by atoms with van der Waals surface area (Å²) in [5, 5.41) is 3.06. The molecule has 1 N–H and O–H groups in total. The van der Waals surface area contributed by atoms with Crippen molar-refractivity contribution in [2.45, 2.75) is 23.8 Å². The first kappa shape index (κ1) is 23.2. The lowest BCUT2D eigenvalue weighted by Crippen LogP contribution is -2.44. The van der Waals surface area contributed by atoms with Crippen LogP contribution in [0.4, 0.5) is 0 Å². The standard InChI is InChI=1S/C22H30N4O4S/c1-25(2)21(17-6-8-19(30-3)9-7-17)16-24-22(27)18-10-13-26(14-11-18)31(28,29)20-5-4-12-23-15-20/h4-9,12,15,18,21H,10-11,13-14,16H2,1-3H3,(H,24,27). The van der Waals surface area contributed by atoms with Crippen molar-refractivity contribution in [3.63, 3.8) is 0 Å². The molecular formula is C22H30N4O4S. The van der Waals surface area contributed by atoms with Crippen LogP contribution in [0.2, 0.25) is 0 Å². The minimum absolute atomic E-state index is 0.0286. The van der Waals surface area contributed by atoms with Crippen LogP contribution in [0.1, 0.15) is 24.4 Å². The average molecular weight is 447 g/mol. The van der Waals surface area contributed by atoms with Crippen molar-refractivity contribution in [3.8, 4) is 5.75 Å². The number of amides is 1. The summed E-state index contributed by atoms with van der Waals surface area (Å²) in [5.41, 5.74) is 1.09. The maximum atomic E-state index is 12.8. The number of hydrogen-bond acceptors (Lipinski definition) is 6. The summed E-state index contributed by atoms with van der Waals surface area (Å²) in [6, 6.07) is 11.0. The monoisotopic (exact) mass is 446 g/mol. The van der Waals surface area contributed by atoms with Gasteiger partial charge in [-0.2, -0.15) is 4.31 Å². The van der Waals surface area contributed by atoms with Gasteiger partial charge in [-0.1, -0.05) is 12.1 Å². The van der Waals surface area contributed by atoms with E-state index in [4.69, 9.17) is 4.74 Å². The Morgan fingerprint density at radius 1 is 1.23 bits per heavy atom. The molecule has 0 saturated carbocycles. The van der Waals surface area contributed by atoms with E-state index in [1.165, 1.54) is 10.5 Å². The molecule has 1 unspecified atom stereocenters. The quantitative estimate of drug-likeness (QED) is 0.666. The molecule has 1 aromatic carbocycles. The van der Waals surface area contributed by atoms with Crippen molar-refractivity contribution < 1.29 is 17.9 Å². The number of nitrogens with one attached hydrogen (secondary N) is 1. The van der Waals surface area contributed by atoms with Gasteiger partial charge in [0.05, 0.1) is 13.2 Å². The Balaban J connectivity index is 1.55.